The molecule has 0 aliphatic heterocycles. The first-order valence-corrected chi connectivity index (χ1v) is 6.65. The Balaban J connectivity index is 2.31. The normalized spacial score (nSPS) is 11.4. The van der Waals surface area contributed by atoms with E-state index in [4.69, 9.17) is 0 Å². The SMILES string of the molecule is CC(C)=CCC/C(C)=C/CCc1ccc(O)cc1. The molecule has 0 aliphatic carbocycles. The Kier molecular flexibility index (Phi) is 6.27. The summed E-state index contributed by atoms with van der Waals surface area (Å²) < 4.78 is 0. The Morgan fingerprint density at radius 3 is 2.28 bits per heavy atom. The molecule has 0 saturated heterocycles. The lowest BCUT2D eigenvalue weighted by Crippen LogP contribution is -1.84. The third kappa shape index (κ3) is 6.29. The van der Waals surface area contributed by atoms with Gasteiger partial charge in [-0.05, 0) is 64.2 Å². The van der Waals surface area contributed by atoms with Crippen LogP contribution in [0.1, 0.15) is 45.6 Å². The van der Waals surface area contributed by atoms with Crippen LogP contribution >= 0.6 is 0 Å². The summed E-state index contributed by atoms with van der Waals surface area (Å²) in [6.07, 6.45) is 9.03. The van der Waals surface area contributed by atoms with E-state index in [0.717, 1.165) is 25.7 Å². The van der Waals surface area contributed by atoms with Gasteiger partial charge < -0.3 is 5.11 Å². The summed E-state index contributed by atoms with van der Waals surface area (Å²) >= 11 is 0. The zero-order valence-electron chi connectivity index (χ0n) is 11.7. The van der Waals surface area contributed by atoms with Crippen molar-refractivity contribution >= 4 is 0 Å². The molecule has 0 unspecified atom stereocenters. The molecule has 0 heterocycles. The summed E-state index contributed by atoms with van der Waals surface area (Å²) in [5.74, 6) is 0.340. The van der Waals surface area contributed by atoms with Crippen LogP contribution in [0.5, 0.6) is 5.75 Å². The Labute approximate surface area is 111 Å². The highest BCUT2D eigenvalue weighted by Gasteiger charge is 1.93. The molecule has 0 atom stereocenters. The predicted octanol–water partition coefficient (Wildman–Crippen LogP) is 5.02. The number of hydrogen-bond acceptors (Lipinski definition) is 1. The molecule has 98 valence electrons. The van der Waals surface area contributed by atoms with Crippen LogP contribution in [0.2, 0.25) is 0 Å². The summed E-state index contributed by atoms with van der Waals surface area (Å²) in [6.45, 7) is 6.49. The van der Waals surface area contributed by atoms with E-state index < -0.39 is 0 Å². The maximum Gasteiger partial charge on any atom is 0.115 e. The molecular weight excluding hydrogens is 220 g/mol. The van der Waals surface area contributed by atoms with Crippen LogP contribution in [-0.2, 0) is 6.42 Å². The standard InChI is InChI=1S/C17H24O/c1-14(2)6-4-7-15(3)8-5-9-16-10-12-17(18)13-11-16/h6,8,10-13,18H,4-5,7,9H2,1-3H3/b15-8+. The number of phenols is 1. The first-order valence-electron chi connectivity index (χ1n) is 6.65. The lowest BCUT2D eigenvalue weighted by Gasteiger charge is -2.01. The fourth-order valence-electron chi connectivity index (χ4n) is 1.84. The van der Waals surface area contributed by atoms with Gasteiger partial charge in [0.25, 0.3) is 0 Å². The van der Waals surface area contributed by atoms with Gasteiger partial charge in [0.1, 0.15) is 5.75 Å². The molecular formula is C17H24O. The lowest BCUT2D eigenvalue weighted by atomic mass is 10.1. The monoisotopic (exact) mass is 244 g/mol. The number of benzene rings is 1. The Hall–Kier alpha value is -1.50. The topological polar surface area (TPSA) is 20.2 Å². The summed E-state index contributed by atoms with van der Waals surface area (Å²) in [7, 11) is 0. The van der Waals surface area contributed by atoms with Gasteiger partial charge in [0, 0.05) is 0 Å². The molecule has 0 bridgehead atoms. The smallest absolute Gasteiger partial charge is 0.115 e. The van der Waals surface area contributed by atoms with Crippen LogP contribution < -0.4 is 0 Å². The first kappa shape index (κ1) is 14.6. The number of aromatic hydroxyl groups is 1. The van der Waals surface area contributed by atoms with Gasteiger partial charge in [0.15, 0.2) is 0 Å². The number of phenolic OH excluding ortho intramolecular Hbond substituents is 1. The van der Waals surface area contributed by atoms with Crippen molar-refractivity contribution in [3.05, 3.63) is 53.1 Å². The second-order valence-corrected chi connectivity index (χ2v) is 5.08. The highest BCUT2D eigenvalue weighted by Crippen LogP contribution is 2.13. The van der Waals surface area contributed by atoms with Crippen molar-refractivity contribution in [2.75, 3.05) is 0 Å². The summed E-state index contributed by atoms with van der Waals surface area (Å²) in [4.78, 5) is 0. The van der Waals surface area contributed by atoms with E-state index in [9.17, 15) is 5.11 Å². The van der Waals surface area contributed by atoms with Gasteiger partial charge in [-0.2, -0.15) is 0 Å². The highest BCUT2D eigenvalue weighted by molar-refractivity contribution is 5.26. The number of hydrogen-bond donors (Lipinski definition) is 1. The Morgan fingerprint density at radius 2 is 1.67 bits per heavy atom. The van der Waals surface area contributed by atoms with Gasteiger partial charge in [0.2, 0.25) is 0 Å². The second-order valence-electron chi connectivity index (χ2n) is 5.08. The minimum atomic E-state index is 0.340. The molecule has 0 fully saturated rings. The fraction of sp³-hybridized carbons (Fsp3) is 0.412. The largest absolute Gasteiger partial charge is 0.508 e. The van der Waals surface area contributed by atoms with Crippen molar-refractivity contribution in [3.63, 3.8) is 0 Å². The van der Waals surface area contributed by atoms with Crippen molar-refractivity contribution in [2.24, 2.45) is 0 Å². The number of aryl methyl sites for hydroxylation is 1. The molecule has 0 amide bonds. The van der Waals surface area contributed by atoms with Gasteiger partial charge in [-0.15, -0.1) is 0 Å². The molecule has 1 aromatic carbocycles. The van der Waals surface area contributed by atoms with Crippen LogP contribution in [0, 0.1) is 0 Å². The van der Waals surface area contributed by atoms with Crippen molar-refractivity contribution < 1.29 is 5.11 Å². The predicted molar refractivity (Wildman–Crippen MR) is 78.8 cm³/mol. The minimum absolute atomic E-state index is 0.340. The average Bonchev–Trinajstić information content (AvgIpc) is 2.31. The van der Waals surface area contributed by atoms with Crippen LogP contribution in [0.25, 0.3) is 0 Å². The lowest BCUT2D eigenvalue weighted by molar-refractivity contribution is 0.475. The maximum absolute atomic E-state index is 9.19. The van der Waals surface area contributed by atoms with Crippen molar-refractivity contribution in [1.82, 2.24) is 0 Å². The molecule has 1 N–H and O–H groups in total. The van der Waals surface area contributed by atoms with Crippen molar-refractivity contribution in [3.8, 4) is 5.75 Å². The van der Waals surface area contributed by atoms with Gasteiger partial charge >= 0.3 is 0 Å². The Morgan fingerprint density at radius 1 is 1.00 bits per heavy atom. The fourth-order valence-corrected chi connectivity index (χ4v) is 1.84. The summed E-state index contributed by atoms with van der Waals surface area (Å²) in [6, 6.07) is 7.48. The van der Waals surface area contributed by atoms with Gasteiger partial charge in [-0.3, -0.25) is 0 Å². The molecule has 0 spiro atoms. The average molecular weight is 244 g/mol. The molecule has 1 rings (SSSR count). The maximum atomic E-state index is 9.19. The summed E-state index contributed by atoms with van der Waals surface area (Å²) in [5, 5.41) is 9.19. The van der Waals surface area contributed by atoms with E-state index in [-0.39, 0.29) is 0 Å². The van der Waals surface area contributed by atoms with Crippen molar-refractivity contribution in [2.45, 2.75) is 46.5 Å². The molecule has 1 heteroatoms. The van der Waals surface area contributed by atoms with E-state index in [1.54, 1.807) is 12.1 Å². The molecule has 0 aliphatic rings. The van der Waals surface area contributed by atoms with Gasteiger partial charge in [-0.1, -0.05) is 35.4 Å². The van der Waals surface area contributed by atoms with E-state index in [1.807, 2.05) is 12.1 Å². The minimum Gasteiger partial charge on any atom is -0.508 e. The zero-order chi connectivity index (χ0) is 13.4. The molecule has 0 aromatic heterocycles. The van der Waals surface area contributed by atoms with E-state index in [1.165, 1.54) is 16.7 Å². The molecule has 0 radical (unpaired) electrons. The summed E-state index contributed by atoms with van der Waals surface area (Å²) in [5.41, 5.74) is 4.14. The molecule has 0 saturated carbocycles. The van der Waals surface area contributed by atoms with Gasteiger partial charge in [-0.25, -0.2) is 0 Å². The van der Waals surface area contributed by atoms with Crippen molar-refractivity contribution in [1.29, 1.82) is 0 Å². The van der Waals surface area contributed by atoms with Crippen LogP contribution in [0.15, 0.2) is 47.6 Å². The van der Waals surface area contributed by atoms with E-state index in [0.29, 0.717) is 5.75 Å². The quantitative estimate of drug-likeness (QED) is 0.697. The van der Waals surface area contributed by atoms with Crippen LogP contribution in [-0.4, -0.2) is 5.11 Å². The van der Waals surface area contributed by atoms with Crippen LogP contribution in [0.3, 0.4) is 0 Å². The van der Waals surface area contributed by atoms with Crippen LogP contribution in [0.4, 0.5) is 0 Å². The van der Waals surface area contributed by atoms with E-state index >= 15 is 0 Å². The number of allylic oxidation sites excluding steroid dienone is 4. The third-order valence-electron chi connectivity index (χ3n) is 2.95. The first-order chi connectivity index (χ1) is 8.58. The second kappa shape index (κ2) is 7.75. The van der Waals surface area contributed by atoms with E-state index in [2.05, 4.69) is 32.9 Å². The highest BCUT2D eigenvalue weighted by atomic mass is 16.3. The number of rotatable bonds is 6. The van der Waals surface area contributed by atoms with Gasteiger partial charge in [0.05, 0.1) is 0 Å². The molecule has 1 nitrogen and oxygen atoms in total. The molecule has 18 heavy (non-hydrogen) atoms. The third-order valence-corrected chi connectivity index (χ3v) is 2.95. The zero-order valence-corrected chi connectivity index (χ0v) is 11.7. The Bertz CT molecular complexity index is 406. The molecule has 1 aromatic rings.